The Bertz CT molecular complexity index is 417. The van der Waals surface area contributed by atoms with Gasteiger partial charge in [-0.15, -0.1) is 0 Å². The molecular formula is C13H16FNO3. The van der Waals surface area contributed by atoms with Crippen molar-refractivity contribution in [3.8, 4) is 0 Å². The number of hydrogen-bond donors (Lipinski definition) is 1. The zero-order valence-corrected chi connectivity index (χ0v) is 10.4. The Kier molecular flexibility index (Phi) is 5.30. The van der Waals surface area contributed by atoms with Crippen molar-refractivity contribution in [1.29, 1.82) is 0 Å². The smallest absolute Gasteiger partial charge is 0.318 e. The molecular weight excluding hydrogens is 237 g/mol. The van der Waals surface area contributed by atoms with E-state index in [1.54, 1.807) is 13.8 Å². The van der Waals surface area contributed by atoms with E-state index in [9.17, 15) is 14.0 Å². The summed E-state index contributed by atoms with van der Waals surface area (Å²) in [5, 5.41) is 2.55. The Labute approximate surface area is 105 Å². The molecule has 5 heteroatoms. The van der Waals surface area contributed by atoms with Gasteiger partial charge in [-0.05, 0) is 37.6 Å². The lowest BCUT2D eigenvalue weighted by Gasteiger charge is -2.13. The molecule has 1 atom stereocenters. The first-order valence-electron chi connectivity index (χ1n) is 5.81. The molecule has 1 amide bonds. The second kappa shape index (κ2) is 6.74. The van der Waals surface area contributed by atoms with Crippen molar-refractivity contribution in [2.45, 2.75) is 20.3 Å². The van der Waals surface area contributed by atoms with Gasteiger partial charge in [-0.1, -0.05) is 6.92 Å². The lowest BCUT2D eigenvalue weighted by atomic mass is 10.1. The summed E-state index contributed by atoms with van der Waals surface area (Å²) in [6.07, 6.45) is 0.353. The number of nitrogens with one attached hydrogen (secondary N) is 1. The molecule has 1 aromatic rings. The van der Waals surface area contributed by atoms with Gasteiger partial charge in [-0.25, -0.2) is 4.39 Å². The molecule has 1 N–H and O–H groups in total. The van der Waals surface area contributed by atoms with E-state index in [0.29, 0.717) is 12.1 Å². The molecule has 0 aliphatic carbocycles. The lowest BCUT2D eigenvalue weighted by Crippen LogP contribution is -2.30. The maximum atomic E-state index is 12.7. The molecule has 1 rings (SSSR count). The third-order valence-electron chi connectivity index (χ3n) is 2.41. The monoisotopic (exact) mass is 253 g/mol. The normalized spacial score (nSPS) is 11.7. The van der Waals surface area contributed by atoms with Crippen LogP contribution >= 0.6 is 0 Å². The van der Waals surface area contributed by atoms with E-state index >= 15 is 0 Å². The minimum Gasteiger partial charge on any atom is -0.465 e. The molecule has 0 heterocycles. The van der Waals surface area contributed by atoms with E-state index in [1.807, 2.05) is 0 Å². The first-order chi connectivity index (χ1) is 8.58. The highest BCUT2D eigenvalue weighted by Gasteiger charge is 2.25. The van der Waals surface area contributed by atoms with E-state index in [1.165, 1.54) is 24.3 Å². The maximum Gasteiger partial charge on any atom is 0.318 e. The highest BCUT2D eigenvalue weighted by atomic mass is 19.1. The number of esters is 1. The van der Waals surface area contributed by atoms with Crippen molar-refractivity contribution in [3.63, 3.8) is 0 Å². The zero-order valence-electron chi connectivity index (χ0n) is 10.4. The van der Waals surface area contributed by atoms with Gasteiger partial charge in [0.15, 0.2) is 0 Å². The summed E-state index contributed by atoms with van der Waals surface area (Å²) in [7, 11) is 0. The molecule has 0 aromatic heterocycles. The van der Waals surface area contributed by atoms with Crippen LogP contribution in [0, 0.1) is 11.7 Å². The van der Waals surface area contributed by atoms with Crippen LogP contribution in [-0.2, 0) is 14.3 Å². The van der Waals surface area contributed by atoms with Gasteiger partial charge >= 0.3 is 5.97 Å². The quantitative estimate of drug-likeness (QED) is 0.647. The number of rotatable bonds is 5. The minimum atomic E-state index is -0.838. The van der Waals surface area contributed by atoms with Crippen LogP contribution in [0.5, 0.6) is 0 Å². The molecule has 0 aliphatic heterocycles. The molecule has 0 aliphatic rings. The number of amides is 1. The van der Waals surface area contributed by atoms with Crippen LogP contribution in [0.25, 0.3) is 0 Å². The van der Waals surface area contributed by atoms with Gasteiger partial charge in [0.25, 0.3) is 0 Å². The van der Waals surface area contributed by atoms with E-state index in [0.717, 1.165) is 0 Å². The summed E-state index contributed by atoms with van der Waals surface area (Å²) < 4.78 is 17.5. The van der Waals surface area contributed by atoms with Gasteiger partial charge in [0.1, 0.15) is 11.7 Å². The summed E-state index contributed by atoms with van der Waals surface area (Å²) in [4.78, 5) is 23.4. The molecule has 0 radical (unpaired) electrons. The summed E-state index contributed by atoms with van der Waals surface area (Å²) in [6.45, 7) is 3.65. The Hall–Kier alpha value is -1.91. The number of ether oxygens (including phenoxy) is 1. The number of carbonyl (C=O) groups excluding carboxylic acids is 2. The first-order valence-corrected chi connectivity index (χ1v) is 5.81. The average Bonchev–Trinajstić information content (AvgIpc) is 2.33. The average molecular weight is 253 g/mol. The lowest BCUT2D eigenvalue weighted by molar-refractivity contribution is -0.151. The first kappa shape index (κ1) is 14.2. The van der Waals surface area contributed by atoms with Gasteiger partial charge in [0.2, 0.25) is 5.91 Å². The van der Waals surface area contributed by atoms with Crippen LogP contribution in [0.3, 0.4) is 0 Å². The summed E-state index contributed by atoms with van der Waals surface area (Å²) in [6, 6.07) is 5.35. The van der Waals surface area contributed by atoms with Crippen molar-refractivity contribution >= 4 is 17.6 Å². The Morgan fingerprint density at radius 2 is 1.89 bits per heavy atom. The summed E-state index contributed by atoms with van der Waals surface area (Å²) in [5.41, 5.74) is 0.448. The minimum absolute atomic E-state index is 0.235. The number of halogens is 1. The predicted octanol–water partition coefficient (Wildman–Crippen LogP) is 2.35. The number of benzene rings is 1. The Morgan fingerprint density at radius 1 is 1.28 bits per heavy atom. The van der Waals surface area contributed by atoms with Crippen molar-refractivity contribution in [2.24, 2.45) is 5.92 Å². The van der Waals surface area contributed by atoms with E-state index in [2.05, 4.69) is 5.32 Å². The van der Waals surface area contributed by atoms with Crippen LogP contribution < -0.4 is 5.32 Å². The van der Waals surface area contributed by atoms with Gasteiger partial charge in [-0.2, -0.15) is 0 Å². The van der Waals surface area contributed by atoms with Crippen molar-refractivity contribution < 1.29 is 18.7 Å². The predicted molar refractivity (Wildman–Crippen MR) is 65.4 cm³/mol. The van der Waals surface area contributed by atoms with Gasteiger partial charge in [0, 0.05) is 5.69 Å². The molecule has 0 spiro atoms. The molecule has 18 heavy (non-hydrogen) atoms. The molecule has 98 valence electrons. The second-order valence-electron chi connectivity index (χ2n) is 3.71. The second-order valence-corrected chi connectivity index (χ2v) is 3.71. The van der Waals surface area contributed by atoms with E-state index in [4.69, 9.17) is 4.74 Å². The molecule has 1 aromatic carbocycles. The summed E-state index contributed by atoms with van der Waals surface area (Å²) >= 11 is 0. The topological polar surface area (TPSA) is 55.4 Å². The number of anilines is 1. The molecule has 0 unspecified atom stereocenters. The van der Waals surface area contributed by atoms with Crippen LogP contribution in [0.1, 0.15) is 20.3 Å². The molecule has 4 nitrogen and oxygen atoms in total. The third-order valence-corrected chi connectivity index (χ3v) is 2.41. The fourth-order valence-electron chi connectivity index (χ4n) is 1.46. The molecule has 0 bridgehead atoms. The fourth-order valence-corrected chi connectivity index (χ4v) is 1.46. The Morgan fingerprint density at radius 3 is 2.39 bits per heavy atom. The standard InChI is InChI=1S/C13H16FNO3/c1-3-11(13(17)18-4-2)12(16)15-10-7-5-9(14)6-8-10/h5-8,11H,3-4H2,1-2H3,(H,15,16)/t11-/m1/s1. The molecule has 0 saturated heterocycles. The van der Waals surface area contributed by atoms with E-state index in [-0.39, 0.29) is 12.4 Å². The van der Waals surface area contributed by atoms with Gasteiger partial charge < -0.3 is 10.1 Å². The highest BCUT2D eigenvalue weighted by molar-refractivity contribution is 6.04. The molecule has 0 saturated carbocycles. The summed E-state index contributed by atoms with van der Waals surface area (Å²) in [5.74, 6) is -2.21. The number of carbonyl (C=O) groups is 2. The maximum absolute atomic E-state index is 12.7. The van der Waals surface area contributed by atoms with Crippen LogP contribution in [0.2, 0.25) is 0 Å². The van der Waals surface area contributed by atoms with Crippen LogP contribution in [0.4, 0.5) is 10.1 Å². The SMILES string of the molecule is CCOC(=O)[C@H](CC)C(=O)Nc1ccc(F)cc1. The Balaban J connectivity index is 2.67. The van der Waals surface area contributed by atoms with E-state index < -0.39 is 17.8 Å². The van der Waals surface area contributed by atoms with Crippen molar-refractivity contribution in [1.82, 2.24) is 0 Å². The van der Waals surface area contributed by atoms with Crippen LogP contribution in [-0.4, -0.2) is 18.5 Å². The fraction of sp³-hybridized carbons (Fsp3) is 0.385. The number of hydrogen-bond acceptors (Lipinski definition) is 3. The largest absolute Gasteiger partial charge is 0.465 e. The highest BCUT2D eigenvalue weighted by Crippen LogP contribution is 2.13. The van der Waals surface area contributed by atoms with Gasteiger partial charge in [0.05, 0.1) is 6.61 Å². The molecule has 0 fully saturated rings. The zero-order chi connectivity index (χ0) is 13.5. The van der Waals surface area contributed by atoms with Crippen LogP contribution in [0.15, 0.2) is 24.3 Å². The van der Waals surface area contributed by atoms with Crippen molar-refractivity contribution in [3.05, 3.63) is 30.1 Å². The van der Waals surface area contributed by atoms with Gasteiger partial charge in [-0.3, -0.25) is 9.59 Å². The van der Waals surface area contributed by atoms with Crippen molar-refractivity contribution in [2.75, 3.05) is 11.9 Å². The third kappa shape index (κ3) is 3.84.